The van der Waals surface area contributed by atoms with Crippen LogP contribution in [0.1, 0.15) is 18.4 Å². The molecule has 1 N–H and O–H groups in total. The highest BCUT2D eigenvalue weighted by atomic mass is 35.5. The first kappa shape index (κ1) is 15.3. The Morgan fingerprint density at radius 2 is 2.05 bits per heavy atom. The van der Waals surface area contributed by atoms with E-state index < -0.39 is 5.60 Å². The largest absolute Gasteiger partial charge is 0.389 e. The first-order chi connectivity index (χ1) is 10.6. The molecule has 0 saturated carbocycles. The number of hydrogen-bond acceptors (Lipinski definition) is 3. The van der Waals surface area contributed by atoms with Crippen LogP contribution in [0.15, 0.2) is 42.7 Å². The van der Waals surface area contributed by atoms with Crippen LogP contribution in [0, 0.1) is 5.82 Å². The summed E-state index contributed by atoms with van der Waals surface area (Å²) in [6.45, 7) is 1.44. The van der Waals surface area contributed by atoms with Gasteiger partial charge in [0.25, 0.3) is 0 Å². The van der Waals surface area contributed by atoms with Crippen LogP contribution in [-0.2, 0) is 6.42 Å². The predicted molar refractivity (Wildman–Crippen MR) is 85.7 cm³/mol. The zero-order valence-corrected chi connectivity index (χ0v) is 12.9. The van der Waals surface area contributed by atoms with E-state index in [1.54, 1.807) is 18.5 Å². The zero-order chi connectivity index (χ0) is 15.6. The average Bonchev–Trinajstić information content (AvgIpc) is 2.49. The number of benzene rings is 1. The average molecular weight is 321 g/mol. The third-order valence-corrected chi connectivity index (χ3v) is 4.50. The zero-order valence-electron chi connectivity index (χ0n) is 12.2. The van der Waals surface area contributed by atoms with E-state index >= 15 is 0 Å². The Balaban J connectivity index is 1.67. The molecule has 1 aliphatic rings. The van der Waals surface area contributed by atoms with Crippen LogP contribution in [0.2, 0.25) is 5.02 Å². The second kappa shape index (κ2) is 6.23. The van der Waals surface area contributed by atoms with E-state index in [1.165, 1.54) is 12.1 Å². The molecule has 1 aliphatic heterocycles. The topological polar surface area (TPSA) is 36.4 Å². The van der Waals surface area contributed by atoms with Crippen LogP contribution < -0.4 is 4.90 Å². The minimum atomic E-state index is -0.788. The van der Waals surface area contributed by atoms with Gasteiger partial charge in [0.1, 0.15) is 5.82 Å². The number of nitrogens with zero attached hydrogens (tertiary/aromatic N) is 2. The number of aliphatic hydroxyl groups is 1. The number of aromatic nitrogens is 1. The molecule has 0 amide bonds. The first-order valence-electron chi connectivity index (χ1n) is 7.37. The van der Waals surface area contributed by atoms with Crippen molar-refractivity contribution in [3.8, 4) is 0 Å². The maximum Gasteiger partial charge on any atom is 0.123 e. The van der Waals surface area contributed by atoms with Gasteiger partial charge in [0.15, 0.2) is 0 Å². The van der Waals surface area contributed by atoms with Gasteiger partial charge in [0.05, 0.1) is 16.3 Å². The molecule has 1 fully saturated rings. The van der Waals surface area contributed by atoms with Gasteiger partial charge in [-0.05, 0) is 36.6 Å². The fraction of sp³-hybridized carbons (Fsp3) is 0.353. The van der Waals surface area contributed by atoms with Crippen LogP contribution in [0.3, 0.4) is 0 Å². The standard InChI is InChI=1S/C17H18ClFN2O/c18-15-12-20-7-4-16(15)21-8-5-17(22,6-9-21)11-13-2-1-3-14(19)10-13/h1-4,7,10,12,22H,5-6,8-9,11H2. The van der Waals surface area contributed by atoms with E-state index in [0.717, 1.165) is 24.3 Å². The number of halogens is 2. The monoisotopic (exact) mass is 320 g/mol. The highest BCUT2D eigenvalue weighted by Gasteiger charge is 2.33. The van der Waals surface area contributed by atoms with E-state index in [-0.39, 0.29) is 5.82 Å². The maximum atomic E-state index is 13.3. The number of pyridine rings is 1. The van der Waals surface area contributed by atoms with Crippen molar-refractivity contribution in [3.63, 3.8) is 0 Å². The molecule has 2 aromatic rings. The lowest BCUT2D eigenvalue weighted by molar-refractivity contribution is 0.0165. The second-order valence-corrected chi connectivity index (χ2v) is 6.25. The summed E-state index contributed by atoms with van der Waals surface area (Å²) in [5, 5.41) is 11.4. The molecule has 0 atom stereocenters. The van der Waals surface area contributed by atoms with Gasteiger partial charge in [0.2, 0.25) is 0 Å². The minimum absolute atomic E-state index is 0.262. The summed E-state index contributed by atoms with van der Waals surface area (Å²) >= 11 is 6.17. The Hall–Kier alpha value is -1.65. The molecular formula is C17H18ClFN2O. The molecule has 22 heavy (non-hydrogen) atoms. The van der Waals surface area contributed by atoms with Crippen molar-refractivity contribution in [2.75, 3.05) is 18.0 Å². The molecule has 0 bridgehead atoms. The quantitative estimate of drug-likeness (QED) is 0.941. The van der Waals surface area contributed by atoms with Crippen molar-refractivity contribution in [2.45, 2.75) is 24.9 Å². The summed E-state index contributed by atoms with van der Waals surface area (Å²) in [4.78, 5) is 6.15. The SMILES string of the molecule is OC1(Cc2cccc(F)c2)CCN(c2ccncc2Cl)CC1. The normalized spacial score (nSPS) is 17.5. The van der Waals surface area contributed by atoms with Crippen molar-refractivity contribution in [3.05, 3.63) is 59.1 Å². The second-order valence-electron chi connectivity index (χ2n) is 5.85. The van der Waals surface area contributed by atoms with Crippen LogP contribution in [-0.4, -0.2) is 28.8 Å². The summed E-state index contributed by atoms with van der Waals surface area (Å²) in [5.74, 6) is -0.262. The lowest BCUT2D eigenvalue weighted by Crippen LogP contribution is -2.45. The first-order valence-corrected chi connectivity index (χ1v) is 7.75. The molecule has 1 aromatic heterocycles. The van der Waals surface area contributed by atoms with Crippen LogP contribution in [0.5, 0.6) is 0 Å². The lowest BCUT2D eigenvalue weighted by atomic mass is 9.85. The summed E-state index contributed by atoms with van der Waals surface area (Å²) in [6, 6.07) is 8.33. The van der Waals surface area contributed by atoms with Crippen molar-refractivity contribution in [1.82, 2.24) is 4.98 Å². The molecule has 5 heteroatoms. The Bertz CT molecular complexity index is 657. The van der Waals surface area contributed by atoms with Gasteiger partial charge >= 0.3 is 0 Å². The van der Waals surface area contributed by atoms with Gasteiger partial charge in [-0.3, -0.25) is 4.98 Å². The van der Waals surface area contributed by atoms with E-state index in [0.29, 0.717) is 24.3 Å². The Morgan fingerprint density at radius 1 is 1.27 bits per heavy atom. The van der Waals surface area contributed by atoms with E-state index in [2.05, 4.69) is 9.88 Å². The Morgan fingerprint density at radius 3 is 2.73 bits per heavy atom. The van der Waals surface area contributed by atoms with Crippen molar-refractivity contribution in [2.24, 2.45) is 0 Å². The third kappa shape index (κ3) is 3.39. The summed E-state index contributed by atoms with van der Waals surface area (Å²) in [6.07, 6.45) is 5.08. The molecule has 1 aromatic carbocycles. The highest BCUT2D eigenvalue weighted by molar-refractivity contribution is 6.33. The van der Waals surface area contributed by atoms with Gasteiger partial charge in [-0.2, -0.15) is 0 Å². The molecule has 1 saturated heterocycles. The van der Waals surface area contributed by atoms with Crippen molar-refractivity contribution >= 4 is 17.3 Å². The molecule has 0 radical (unpaired) electrons. The fourth-order valence-corrected chi connectivity index (χ4v) is 3.23. The van der Waals surface area contributed by atoms with E-state index in [9.17, 15) is 9.50 Å². The van der Waals surface area contributed by atoms with Gasteiger partial charge in [-0.15, -0.1) is 0 Å². The maximum absolute atomic E-state index is 13.3. The summed E-state index contributed by atoms with van der Waals surface area (Å²) < 4.78 is 13.3. The lowest BCUT2D eigenvalue weighted by Gasteiger charge is -2.39. The van der Waals surface area contributed by atoms with Crippen LogP contribution in [0.4, 0.5) is 10.1 Å². The van der Waals surface area contributed by atoms with Crippen molar-refractivity contribution in [1.29, 1.82) is 0 Å². The number of hydrogen-bond donors (Lipinski definition) is 1. The number of rotatable bonds is 3. The Kier molecular flexibility index (Phi) is 4.32. The molecule has 0 spiro atoms. The molecular weight excluding hydrogens is 303 g/mol. The molecule has 2 heterocycles. The van der Waals surface area contributed by atoms with E-state index in [1.807, 2.05) is 12.1 Å². The molecule has 0 aliphatic carbocycles. The fourth-order valence-electron chi connectivity index (χ4n) is 2.99. The van der Waals surface area contributed by atoms with Gasteiger partial charge in [-0.1, -0.05) is 23.7 Å². The summed E-state index contributed by atoms with van der Waals surface area (Å²) in [7, 11) is 0. The number of anilines is 1. The molecule has 3 rings (SSSR count). The van der Waals surface area contributed by atoms with Gasteiger partial charge in [-0.25, -0.2) is 4.39 Å². The predicted octanol–water partition coefficient (Wildman–Crippen LogP) is 3.45. The number of piperidine rings is 1. The molecule has 116 valence electrons. The van der Waals surface area contributed by atoms with Gasteiger partial charge < -0.3 is 10.0 Å². The Labute approximate surface area is 134 Å². The van der Waals surface area contributed by atoms with Gasteiger partial charge in [0, 0.05) is 31.9 Å². The molecule has 3 nitrogen and oxygen atoms in total. The van der Waals surface area contributed by atoms with Crippen LogP contribution in [0.25, 0.3) is 0 Å². The van der Waals surface area contributed by atoms with Crippen LogP contribution >= 0.6 is 11.6 Å². The van der Waals surface area contributed by atoms with Crippen molar-refractivity contribution < 1.29 is 9.50 Å². The smallest absolute Gasteiger partial charge is 0.123 e. The molecule has 0 unspecified atom stereocenters. The minimum Gasteiger partial charge on any atom is -0.389 e. The summed E-state index contributed by atoms with van der Waals surface area (Å²) in [5.41, 5.74) is 0.992. The van der Waals surface area contributed by atoms with E-state index in [4.69, 9.17) is 11.6 Å². The third-order valence-electron chi connectivity index (χ3n) is 4.21. The highest BCUT2D eigenvalue weighted by Crippen LogP contribution is 2.32.